The van der Waals surface area contributed by atoms with E-state index in [-0.39, 0.29) is 13.2 Å². The van der Waals surface area contributed by atoms with Crippen molar-refractivity contribution >= 4 is 11.1 Å². The molecular formula is C23H21NO3. The Kier molecular flexibility index (Phi) is 4.90. The van der Waals surface area contributed by atoms with Crippen molar-refractivity contribution < 1.29 is 14.9 Å². The molecule has 0 radical (unpaired) electrons. The van der Waals surface area contributed by atoms with E-state index >= 15 is 0 Å². The lowest BCUT2D eigenvalue weighted by atomic mass is 9.81. The maximum atomic E-state index is 9.88. The number of ether oxygens (including phenoxy) is 1. The summed E-state index contributed by atoms with van der Waals surface area (Å²) < 4.78 is 5.48. The third-order valence-electron chi connectivity index (χ3n) is 4.78. The monoisotopic (exact) mass is 359 g/mol. The summed E-state index contributed by atoms with van der Waals surface area (Å²) in [4.78, 5) is 4.57. The maximum Gasteiger partial charge on any atom is 0.119 e. The van der Waals surface area contributed by atoms with Gasteiger partial charge in [0.15, 0.2) is 0 Å². The molecule has 4 nitrogen and oxygen atoms in total. The van der Waals surface area contributed by atoms with Crippen LogP contribution in [0.25, 0.3) is 11.1 Å². The fraction of sp³-hybridized carbons (Fsp3) is 0.174. The van der Waals surface area contributed by atoms with Crippen LogP contribution in [-0.4, -0.2) is 28.4 Å². The molecule has 0 bridgehead atoms. The van der Waals surface area contributed by atoms with Crippen LogP contribution >= 0.6 is 0 Å². The molecule has 1 heterocycles. The van der Waals surface area contributed by atoms with Gasteiger partial charge >= 0.3 is 0 Å². The zero-order valence-corrected chi connectivity index (χ0v) is 14.9. The predicted octanol–water partition coefficient (Wildman–Crippen LogP) is 4.06. The lowest BCUT2D eigenvalue weighted by Gasteiger charge is -2.24. The molecule has 1 aromatic heterocycles. The topological polar surface area (TPSA) is 62.6 Å². The van der Waals surface area contributed by atoms with Crippen LogP contribution in [0.3, 0.4) is 0 Å². The van der Waals surface area contributed by atoms with E-state index < -0.39 is 0 Å². The summed E-state index contributed by atoms with van der Waals surface area (Å²) in [6, 6.07) is 19.4. The number of aromatic nitrogens is 1. The molecule has 0 amide bonds. The fourth-order valence-corrected chi connectivity index (χ4v) is 3.59. The van der Waals surface area contributed by atoms with Crippen LogP contribution in [-0.2, 0) is 6.42 Å². The molecule has 0 unspecified atom stereocenters. The summed E-state index contributed by atoms with van der Waals surface area (Å²) in [5.41, 5.74) is 6.68. The first kappa shape index (κ1) is 17.3. The number of aromatic hydroxyl groups is 1. The highest BCUT2D eigenvalue weighted by Crippen LogP contribution is 2.41. The van der Waals surface area contributed by atoms with Gasteiger partial charge in [-0.25, -0.2) is 0 Å². The van der Waals surface area contributed by atoms with Crippen molar-refractivity contribution in [3.63, 3.8) is 0 Å². The van der Waals surface area contributed by atoms with E-state index in [4.69, 9.17) is 9.84 Å². The number of rotatable bonds is 5. The fourth-order valence-electron chi connectivity index (χ4n) is 3.59. The molecule has 2 aromatic carbocycles. The molecule has 136 valence electrons. The molecule has 0 spiro atoms. The van der Waals surface area contributed by atoms with Crippen LogP contribution in [0.1, 0.15) is 28.8 Å². The largest absolute Gasteiger partial charge is 0.508 e. The highest BCUT2D eigenvalue weighted by atomic mass is 16.5. The van der Waals surface area contributed by atoms with Crippen LogP contribution in [0, 0.1) is 0 Å². The van der Waals surface area contributed by atoms with Gasteiger partial charge in [-0.3, -0.25) is 4.98 Å². The van der Waals surface area contributed by atoms with Gasteiger partial charge in [0.05, 0.1) is 12.3 Å². The molecule has 27 heavy (non-hydrogen) atoms. The van der Waals surface area contributed by atoms with Gasteiger partial charge in [0.25, 0.3) is 0 Å². The minimum atomic E-state index is -0.00635. The zero-order valence-electron chi connectivity index (χ0n) is 14.9. The predicted molar refractivity (Wildman–Crippen MR) is 106 cm³/mol. The van der Waals surface area contributed by atoms with E-state index in [9.17, 15) is 5.11 Å². The van der Waals surface area contributed by atoms with Crippen molar-refractivity contribution in [2.24, 2.45) is 0 Å². The SMILES string of the molecule is OCCOc1ccc(C2=C(c3ccccn3)CCc3cc(O)ccc32)cc1. The van der Waals surface area contributed by atoms with E-state index in [0.29, 0.717) is 5.75 Å². The quantitative estimate of drug-likeness (QED) is 0.721. The molecule has 0 aliphatic heterocycles. The lowest BCUT2D eigenvalue weighted by molar-refractivity contribution is 0.201. The standard InChI is InChI=1S/C23H21NO3/c25-13-14-27-19-8-4-16(5-9-19)23-20-11-7-18(26)15-17(20)6-10-21(23)22-3-1-2-12-24-22/h1-5,7-9,11-12,15,25-26H,6,10,13-14H2. The van der Waals surface area contributed by atoms with Crippen LogP contribution in [0.5, 0.6) is 11.5 Å². The number of aliphatic hydroxyl groups excluding tert-OH is 1. The van der Waals surface area contributed by atoms with E-state index in [1.807, 2.05) is 60.8 Å². The first-order valence-corrected chi connectivity index (χ1v) is 9.07. The second kappa shape index (κ2) is 7.64. The van der Waals surface area contributed by atoms with E-state index in [2.05, 4.69) is 4.98 Å². The number of fused-ring (bicyclic) bond motifs is 1. The Morgan fingerprint density at radius 3 is 2.56 bits per heavy atom. The van der Waals surface area contributed by atoms with Gasteiger partial charge in [-0.1, -0.05) is 24.3 Å². The zero-order chi connectivity index (χ0) is 18.6. The van der Waals surface area contributed by atoms with Crippen molar-refractivity contribution in [3.05, 3.63) is 89.2 Å². The third kappa shape index (κ3) is 3.57. The molecular weight excluding hydrogens is 338 g/mol. The van der Waals surface area contributed by atoms with E-state index in [0.717, 1.165) is 46.5 Å². The summed E-state index contributed by atoms with van der Waals surface area (Å²) in [5, 5.41) is 18.8. The Balaban J connectivity index is 1.84. The highest BCUT2D eigenvalue weighted by Gasteiger charge is 2.22. The van der Waals surface area contributed by atoms with Gasteiger partial charge < -0.3 is 14.9 Å². The third-order valence-corrected chi connectivity index (χ3v) is 4.78. The summed E-state index contributed by atoms with van der Waals surface area (Å²) >= 11 is 0. The first-order valence-electron chi connectivity index (χ1n) is 9.07. The maximum absolute atomic E-state index is 9.88. The van der Waals surface area contributed by atoms with Crippen molar-refractivity contribution in [3.8, 4) is 11.5 Å². The molecule has 4 rings (SSSR count). The molecule has 0 atom stereocenters. The minimum absolute atomic E-state index is 0.00635. The Bertz CT molecular complexity index is 963. The second-order valence-electron chi connectivity index (χ2n) is 6.51. The van der Waals surface area contributed by atoms with Crippen LogP contribution in [0.4, 0.5) is 0 Å². The van der Waals surface area contributed by atoms with Gasteiger partial charge in [-0.15, -0.1) is 0 Å². The van der Waals surface area contributed by atoms with Gasteiger partial charge in [-0.2, -0.15) is 0 Å². The molecule has 0 saturated heterocycles. The number of hydrogen-bond donors (Lipinski definition) is 2. The number of hydrogen-bond acceptors (Lipinski definition) is 4. The Labute approximate surface area is 158 Å². The number of aryl methyl sites for hydroxylation is 1. The van der Waals surface area contributed by atoms with Gasteiger partial charge in [0, 0.05) is 6.20 Å². The van der Waals surface area contributed by atoms with E-state index in [1.54, 1.807) is 6.07 Å². The van der Waals surface area contributed by atoms with Crippen LogP contribution in [0.2, 0.25) is 0 Å². The number of nitrogens with zero attached hydrogens (tertiary/aromatic N) is 1. The number of allylic oxidation sites excluding steroid dienone is 1. The van der Waals surface area contributed by atoms with Crippen molar-refractivity contribution in [1.29, 1.82) is 0 Å². The summed E-state index contributed by atoms with van der Waals surface area (Å²) in [6.45, 7) is 0.275. The molecule has 4 heteroatoms. The molecule has 2 N–H and O–H groups in total. The second-order valence-corrected chi connectivity index (χ2v) is 6.51. The number of phenolic OH excluding ortho intramolecular Hbond substituents is 1. The average Bonchev–Trinajstić information content (AvgIpc) is 2.72. The van der Waals surface area contributed by atoms with Crippen molar-refractivity contribution in [2.75, 3.05) is 13.2 Å². The first-order chi connectivity index (χ1) is 13.3. The number of pyridine rings is 1. The molecule has 1 aliphatic rings. The number of aliphatic hydroxyl groups is 1. The minimum Gasteiger partial charge on any atom is -0.508 e. The number of phenols is 1. The summed E-state index contributed by atoms with van der Waals surface area (Å²) in [7, 11) is 0. The number of benzene rings is 2. The van der Waals surface area contributed by atoms with Crippen LogP contribution < -0.4 is 4.74 Å². The van der Waals surface area contributed by atoms with Crippen molar-refractivity contribution in [1.82, 2.24) is 4.98 Å². The van der Waals surface area contributed by atoms with Crippen LogP contribution in [0.15, 0.2) is 66.9 Å². The van der Waals surface area contributed by atoms with Gasteiger partial charge in [0.1, 0.15) is 18.1 Å². The Hall–Kier alpha value is -3.11. The highest BCUT2D eigenvalue weighted by molar-refractivity contribution is 6.00. The summed E-state index contributed by atoms with van der Waals surface area (Å²) in [6.07, 6.45) is 3.56. The van der Waals surface area contributed by atoms with Gasteiger partial charge in [-0.05, 0) is 77.1 Å². The smallest absolute Gasteiger partial charge is 0.119 e. The Morgan fingerprint density at radius 2 is 1.81 bits per heavy atom. The molecule has 0 saturated carbocycles. The van der Waals surface area contributed by atoms with E-state index in [1.165, 1.54) is 5.57 Å². The molecule has 1 aliphatic carbocycles. The molecule has 3 aromatic rings. The average molecular weight is 359 g/mol. The summed E-state index contributed by atoms with van der Waals surface area (Å²) in [5.74, 6) is 1.02. The van der Waals surface area contributed by atoms with Gasteiger partial charge in [0.2, 0.25) is 0 Å². The normalized spacial score (nSPS) is 13.4. The molecule has 0 fully saturated rings. The van der Waals surface area contributed by atoms with Crippen molar-refractivity contribution in [2.45, 2.75) is 12.8 Å². The Morgan fingerprint density at radius 1 is 0.963 bits per heavy atom. The lowest BCUT2D eigenvalue weighted by Crippen LogP contribution is -2.07.